The van der Waals surface area contributed by atoms with Crippen LogP contribution in [0, 0.1) is 11.8 Å². The van der Waals surface area contributed by atoms with Crippen LogP contribution in [0.2, 0.25) is 0 Å². The molecule has 5 nitrogen and oxygen atoms in total. The van der Waals surface area contributed by atoms with Gasteiger partial charge < -0.3 is 15.2 Å². The van der Waals surface area contributed by atoms with E-state index in [2.05, 4.69) is 21.2 Å². The number of hydrogen-bond acceptors (Lipinski definition) is 3. The molecule has 96 valence electrons. The first-order valence-electron chi connectivity index (χ1n) is 5.40. The van der Waals surface area contributed by atoms with Gasteiger partial charge >= 0.3 is 5.97 Å². The summed E-state index contributed by atoms with van der Waals surface area (Å²) in [4.78, 5) is 22.5. The van der Waals surface area contributed by atoms with Crippen molar-refractivity contribution in [3.05, 3.63) is 22.7 Å². The van der Waals surface area contributed by atoms with Crippen molar-refractivity contribution in [1.82, 2.24) is 0 Å². The molecule has 1 aliphatic carbocycles. The quantitative estimate of drug-likeness (QED) is 0.892. The lowest BCUT2D eigenvalue weighted by atomic mass is 10.2. The second kappa shape index (κ2) is 4.97. The fourth-order valence-corrected chi connectivity index (χ4v) is 2.06. The highest BCUT2D eigenvalue weighted by Crippen LogP contribution is 2.40. The molecule has 1 amide bonds. The number of carboxylic acid groups (broad SMARTS) is 1. The second-order valence-corrected chi connectivity index (χ2v) is 4.98. The minimum atomic E-state index is -0.917. The maximum Gasteiger partial charge on any atom is 0.307 e. The van der Waals surface area contributed by atoms with E-state index in [0.717, 1.165) is 4.47 Å². The molecule has 0 saturated heterocycles. The molecule has 1 aliphatic rings. The van der Waals surface area contributed by atoms with Crippen LogP contribution in [0.15, 0.2) is 22.7 Å². The van der Waals surface area contributed by atoms with Crippen LogP contribution in [0.3, 0.4) is 0 Å². The zero-order valence-corrected chi connectivity index (χ0v) is 11.2. The normalized spacial score (nSPS) is 21.2. The van der Waals surface area contributed by atoms with Crippen molar-refractivity contribution in [3.8, 4) is 5.75 Å². The molecule has 1 fully saturated rings. The largest absolute Gasteiger partial charge is 0.497 e. The van der Waals surface area contributed by atoms with Crippen LogP contribution in [0.4, 0.5) is 5.69 Å². The molecular formula is C12H12BrNO4. The van der Waals surface area contributed by atoms with Gasteiger partial charge in [-0.3, -0.25) is 9.59 Å². The predicted molar refractivity (Wildman–Crippen MR) is 68.6 cm³/mol. The summed E-state index contributed by atoms with van der Waals surface area (Å²) in [7, 11) is 1.54. The zero-order valence-electron chi connectivity index (χ0n) is 9.64. The molecule has 0 heterocycles. The van der Waals surface area contributed by atoms with E-state index in [4.69, 9.17) is 9.84 Å². The van der Waals surface area contributed by atoms with Crippen molar-refractivity contribution in [2.24, 2.45) is 11.8 Å². The molecule has 0 aliphatic heterocycles. The predicted octanol–water partition coefficient (Wildman–Crippen LogP) is 2.12. The Bertz CT molecular complexity index is 503. The number of carbonyl (C=O) groups excluding carboxylic acids is 1. The number of benzene rings is 1. The number of methoxy groups -OCH3 is 1. The molecule has 0 radical (unpaired) electrons. The molecule has 2 unspecified atom stereocenters. The Morgan fingerprint density at radius 1 is 1.44 bits per heavy atom. The van der Waals surface area contributed by atoms with Gasteiger partial charge in [-0.1, -0.05) is 0 Å². The Kier molecular flexibility index (Phi) is 3.56. The highest BCUT2D eigenvalue weighted by molar-refractivity contribution is 9.10. The molecule has 1 saturated carbocycles. The van der Waals surface area contributed by atoms with Crippen molar-refractivity contribution in [2.45, 2.75) is 6.42 Å². The van der Waals surface area contributed by atoms with Crippen molar-refractivity contribution >= 4 is 33.5 Å². The summed E-state index contributed by atoms with van der Waals surface area (Å²) in [5, 5.41) is 11.5. The smallest absolute Gasteiger partial charge is 0.307 e. The first-order chi connectivity index (χ1) is 8.52. The number of carbonyl (C=O) groups is 2. The summed E-state index contributed by atoms with van der Waals surface area (Å²) in [6.07, 6.45) is 0.406. The summed E-state index contributed by atoms with van der Waals surface area (Å²) in [5.41, 5.74) is 0.579. The van der Waals surface area contributed by atoms with E-state index in [-0.39, 0.29) is 5.91 Å². The van der Waals surface area contributed by atoms with E-state index in [0.29, 0.717) is 17.9 Å². The topological polar surface area (TPSA) is 75.6 Å². The van der Waals surface area contributed by atoms with Crippen molar-refractivity contribution in [3.63, 3.8) is 0 Å². The van der Waals surface area contributed by atoms with Crippen molar-refractivity contribution < 1.29 is 19.4 Å². The first-order valence-corrected chi connectivity index (χ1v) is 6.19. The van der Waals surface area contributed by atoms with E-state index in [1.54, 1.807) is 18.2 Å². The maximum absolute atomic E-state index is 11.8. The first kappa shape index (κ1) is 12.9. The number of carboxylic acids is 1. The Labute approximate surface area is 112 Å². The molecule has 6 heteroatoms. The highest BCUT2D eigenvalue weighted by Gasteiger charge is 2.48. The number of aliphatic carboxylic acids is 1. The molecule has 2 atom stereocenters. The molecule has 1 aromatic rings. The van der Waals surface area contributed by atoms with E-state index < -0.39 is 17.8 Å². The molecule has 0 aromatic heterocycles. The average molecular weight is 314 g/mol. The third kappa shape index (κ3) is 2.64. The average Bonchev–Trinajstić information content (AvgIpc) is 3.12. The van der Waals surface area contributed by atoms with E-state index in [1.807, 2.05) is 0 Å². The Balaban J connectivity index is 2.06. The summed E-state index contributed by atoms with van der Waals surface area (Å²) >= 11 is 3.32. The number of rotatable bonds is 4. The van der Waals surface area contributed by atoms with Gasteiger partial charge in [0, 0.05) is 10.5 Å². The highest BCUT2D eigenvalue weighted by atomic mass is 79.9. The van der Waals surface area contributed by atoms with Gasteiger partial charge in [0.05, 0.1) is 24.6 Å². The fourth-order valence-electron chi connectivity index (χ4n) is 1.71. The van der Waals surface area contributed by atoms with Gasteiger partial charge in [-0.15, -0.1) is 0 Å². The second-order valence-electron chi connectivity index (χ2n) is 4.12. The summed E-state index contributed by atoms with van der Waals surface area (Å²) in [6.45, 7) is 0. The number of hydrogen-bond donors (Lipinski definition) is 2. The van der Waals surface area contributed by atoms with Gasteiger partial charge in [0.2, 0.25) is 5.91 Å². The summed E-state index contributed by atoms with van der Waals surface area (Å²) in [6, 6.07) is 5.20. The molecule has 1 aromatic carbocycles. The molecule has 18 heavy (non-hydrogen) atoms. The molecule has 2 rings (SSSR count). The lowest BCUT2D eigenvalue weighted by Crippen LogP contribution is -2.17. The van der Waals surface area contributed by atoms with Crippen LogP contribution >= 0.6 is 15.9 Å². The van der Waals surface area contributed by atoms with Gasteiger partial charge in [-0.2, -0.15) is 0 Å². The van der Waals surface area contributed by atoms with Gasteiger partial charge in [0.25, 0.3) is 0 Å². The summed E-state index contributed by atoms with van der Waals surface area (Å²) < 4.78 is 5.79. The van der Waals surface area contributed by atoms with Crippen molar-refractivity contribution in [1.29, 1.82) is 0 Å². The number of halogens is 1. The van der Waals surface area contributed by atoms with Crippen LogP contribution < -0.4 is 10.1 Å². The standard InChI is InChI=1S/C12H12BrNO4/c1-18-6-2-3-9(13)10(4-6)14-11(15)7-5-8(7)12(16)17/h2-4,7-8H,5H2,1H3,(H,14,15)(H,16,17). The van der Waals surface area contributed by atoms with Gasteiger partial charge in [-0.25, -0.2) is 0 Å². The lowest BCUT2D eigenvalue weighted by Gasteiger charge is -2.08. The minimum absolute atomic E-state index is 0.267. The summed E-state index contributed by atoms with van der Waals surface area (Å²) in [5.74, 6) is -1.54. The van der Waals surface area contributed by atoms with Crippen LogP contribution in [0.25, 0.3) is 0 Å². The number of amides is 1. The third-order valence-corrected chi connectivity index (χ3v) is 3.57. The van der Waals surface area contributed by atoms with Crippen molar-refractivity contribution in [2.75, 3.05) is 12.4 Å². The molecule has 0 spiro atoms. The number of nitrogens with one attached hydrogen (secondary N) is 1. The Morgan fingerprint density at radius 2 is 2.17 bits per heavy atom. The molecule has 0 bridgehead atoms. The van der Waals surface area contributed by atoms with Gasteiger partial charge in [0.15, 0.2) is 0 Å². The van der Waals surface area contributed by atoms with E-state index >= 15 is 0 Å². The van der Waals surface area contributed by atoms with Crippen LogP contribution in [0.1, 0.15) is 6.42 Å². The maximum atomic E-state index is 11.8. The van der Waals surface area contributed by atoms with Gasteiger partial charge in [0.1, 0.15) is 5.75 Å². The molecular weight excluding hydrogens is 302 g/mol. The van der Waals surface area contributed by atoms with Gasteiger partial charge in [-0.05, 0) is 34.5 Å². The van der Waals surface area contributed by atoms with E-state index in [1.165, 1.54) is 7.11 Å². The van der Waals surface area contributed by atoms with Crippen LogP contribution in [0.5, 0.6) is 5.75 Å². The Hall–Kier alpha value is -1.56. The Morgan fingerprint density at radius 3 is 2.72 bits per heavy atom. The molecule has 2 N–H and O–H groups in total. The minimum Gasteiger partial charge on any atom is -0.497 e. The monoisotopic (exact) mass is 313 g/mol. The SMILES string of the molecule is COc1ccc(Br)c(NC(=O)C2CC2C(=O)O)c1. The van der Waals surface area contributed by atoms with E-state index in [9.17, 15) is 9.59 Å². The fraction of sp³-hybridized carbons (Fsp3) is 0.333. The third-order valence-electron chi connectivity index (χ3n) is 2.88. The number of anilines is 1. The van der Waals surface area contributed by atoms with Crippen LogP contribution in [-0.4, -0.2) is 24.1 Å². The lowest BCUT2D eigenvalue weighted by molar-refractivity contribution is -0.139. The zero-order chi connectivity index (χ0) is 13.3. The number of ether oxygens (including phenoxy) is 1. The van der Waals surface area contributed by atoms with Crippen LogP contribution in [-0.2, 0) is 9.59 Å².